The van der Waals surface area contributed by atoms with Crippen LogP contribution in [0, 0.1) is 0 Å². The number of hydrogen-bond donors (Lipinski definition) is 2. The second-order valence-corrected chi connectivity index (χ2v) is 6.41. The first-order valence-electron chi connectivity index (χ1n) is 8.88. The minimum absolute atomic E-state index is 0.0703. The van der Waals surface area contributed by atoms with Crippen molar-refractivity contribution < 1.29 is 28.9 Å². The summed E-state index contributed by atoms with van der Waals surface area (Å²) in [6.45, 7) is 3.71. The third-order valence-electron chi connectivity index (χ3n) is 3.97. The highest BCUT2D eigenvalue weighted by molar-refractivity contribution is 5.95. The van der Waals surface area contributed by atoms with Crippen molar-refractivity contribution >= 4 is 17.6 Å². The standard InChI is InChI=1S/C21H25NO6/c1-13(2)28-19-8-5-15(21(24)25)12-17(19)22-20(23)10-6-14-11-16(26-3)7-9-18(14)27-4/h5,7-9,11-13H,6,10H2,1-4H3,(H,22,23)(H,24,25). The van der Waals surface area contributed by atoms with Gasteiger partial charge in [0.05, 0.1) is 31.6 Å². The molecule has 0 unspecified atom stereocenters. The number of hydrogen-bond acceptors (Lipinski definition) is 5. The Kier molecular flexibility index (Phi) is 7.26. The molecule has 0 spiro atoms. The molecule has 2 aromatic carbocycles. The number of nitrogens with one attached hydrogen (secondary N) is 1. The molecule has 2 rings (SSSR count). The van der Waals surface area contributed by atoms with Gasteiger partial charge in [0, 0.05) is 6.42 Å². The fraction of sp³-hybridized carbons (Fsp3) is 0.333. The number of ether oxygens (including phenoxy) is 3. The molecule has 0 aliphatic carbocycles. The lowest BCUT2D eigenvalue weighted by Gasteiger charge is -2.16. The van der Waals surface area contributed by atoms with Crippen molar-refractivity contribution in [2.75, 3.05) is 19.5 Å². The number of methoxy groups -OCH3 is 2. The molecular weight excluding hydrogens is 362 g/mol. The van der Waals surface area contributed by atoms with E-state index in [4.69, 9.17) is 14.2 Å². The van der Waals surface area contributed by atoms with Gasteiger partial charge in [-0.05, 0) is 62.2 Å². The molecular formula is C21H25NO6. The van der Waals surface area contributed by atoms with Crippen LogP contribution in [0.4, 0.5) is 5.69 Å². The van der Waals surface area contributed by atoms with E-state index >= 15 is 0 Å². The highest BCUT2D eigenvalue weighted by Crippen LogP contribution is 2.28. The van der Waals surface area contributed by atoms with Gasteiger partial charge < -0.3 is 24.6 Å². The molecule has 7 heteroatoms. The highest BCUT2D eigenvalue weighted by atomic mass is 16.5. The van der Waals surface area contributed by atoms with Crippen LogP contribution in [0.3, 0.4) is 0 Å². The second kappa shape index (κ2) is 9.64. The summed E-state index contributed by atoms with van der Waals surface area (Å²) in [5.74, 6) is 0.435. The lowest BCUT2D eigenvalue weighted by molar-refractivity contribution is -0.116. The first-order valence-corrected chi connectivity index (χ1v) is 8.88. The summed E-state index contributed by atoms with van der Waals surface area (Å²) in [6, 6.07) is 9.78. The number of aromatic carboxylic acids is 1. The van der Waals surface area contributed by atoms with Crippen LogP contribution in [0.5, 0.6) is 17.2 Å². The molecule has 150 valence electrons. The van der Waals surface area contributed by atoms with Gasteiger partial charge in [-0.3, -0.25) is 4.79 Å². The zero-order valence-electron chi connectivity index (χ0n) is 16.4. The van der Waals surface area contributed by atoms with E-state index in [0.29, 0.717) is 29.4 Å². The van der Waals surface area contributed by atoms with Gasteiger partial charge in [0.25, 0.3) is 0 Å². The number of carbonyl (C=O) groups excluding carboxylic acids is 1. The molecule has 0 aromatic heterocycles. The van der Waals surface area contributed by atoms with Crippen LogP contribution in [0.25, 0.3) is 0 Å². The summed E-state index contributed by atoms with van der Waals surface area (Å²) in [6.07, 6.45) is 0.500. The van der Waals surface area contributed by atoms with Gasteiger partial charge in [-0.25, -0.2) is 4.79 Å². The van der Waals surface area contributed by atoms with Crippen LogP contribution < -0.4 is 19.5 Å². The number of amides is 1. The van der Waals surface area contributed by atoms with Gasteiger partial charge in [0.15, 0.2) is 0 Å². The van der Waals surface area contributed by atoms with Gasteiger partial charge in [-0.15, -0.1) is 0 Å². The zero-order valence-corrected chi connectivity index (χ0v) is 16.4. The van der Waals surface area contributed by atoms with Crippen LogP contribution in [0.2, 0.25) is 0 Å². The van der Waals surface area contributed by atoms with E-state index < -0.39 is 5.97 Å². The first kappa shape index (κ1) is 21.1. The van der Waals surface area contributed by atoms with E-state index in [1.165, 1.54) is 12.1 Å². The smallest absolute Gasteiger partial charge is 0.335 e. The van der Waals surface area contributed by atoms with Crippen LogP contribution in [-0.4, -0.2) is 37.3 Å². The second-order valence-electron chi connectivity index (χ2n) is 6.41. The van der Waals surface area contributed by atoms with E-state index in [1.54, 1.807) is 32.4 Å². The quantitative estimate of drug-likeness (QED) is 0.680. The topological polar surface area (TPSA) is 94.1 Å². The largest absolute Gasteiger partial charge is 0.497 e. The Morgan fingerprint density at radius 3 is 2.36 bits per heavy atom. The van der Waals surface area contributed by atoms with Gasteiger partial charge in [-0.2, -0.15) is 0 Å². The third-order valence-corrected chi connectivity index (χ3v) is 3.97. The Hall–Kier alpha value is -3.22. The maximum atomic E-state index is 12.5. The number of carboxylic acids is 1. The summed E-state index contributed by atoms with van der Waals surface area (Å²) < 4.78 is 16.2. The van der Waals surface area contributed by atoms with Crippen LogP contribution >= 0.6 is 0 Å². The van der Waals surface area contributed by atoms with E-state index in [9.17, 15) is 14.7 Å². The lowest BCUT2D eigenvalue weighted by Crippen LogP contribution is -2.15. The molecule has 0 saturated carbocycles. The van der Waals surface area contributed by atoms with Crippen molar-refractivity contribution in [3.05, 3.63) is 47.5 Å². The maximum Gasteiger partial charge on any atom is 0.335 e. The number of aryl methyl sites for hydroxylation is 1. The molecule has 0 heterocycles. The molecule has 28 heavy (non-hydrogen) atoms. The Morgan fingerprint density at radius 1 is 1.04 bits per heavy atom. The Labute approximate surface area is 164 Å². The van der Waals surface area contributed by atoms with Crippen molar-refractivity contribution in [2.45, 2.75) is 32.8 Å². The van der Waals surface area contributed by atoms with Crippen molar-refractivity contribution in [1.29, 1.82) is 0 Å². The fourth-order valence-corrected chi connectivity index (χ4v) is 2.66. The van der Waals surface area contributed by atoms with Gasteiger partial charge >= 0.3 is 5.97 Å². The fourth-order valence-electron chi connectivity index (χ4n) is 2.66. The predicted octanol–water partition coefficient (Wildman–Crippen LogP) is 3.76. The maximum absolute atomic E-state index is 12.5. The number of rotatable bonds is 9. The number of carbonyl (C=O) groups is 2. The van der Waals surface area contributed by atoms with Crippen LogP contribution in [0.15, 0.2) is 36.4 Å². The molecule has 2 N–H and O–H groups in total. The molecule has 0 bridgehead atoms. The van der Waals surface area contributed by atoms with Gasteiger partial charge in [0.2, 0.25) is 5.91 Å². The van der Waals surface area contributed by atoms with Crippen molar-refractivity contribution in [1.82, 2.24) is 0 Å². The van der Waals surface area contributed by atoms with Crippen LogP contribution in [0.1, 0.15) is 36.2 Å². The van der Waals surface area contributed by atoms with Gasteiger partial charge in [0.1, 0.15) is 17.2 Å². The van der Waals surface area contributed by atoms with Crippen molar-refractivity contribution in [2.24, 2.45) is 0 Å². The summed E-state index contributed by atoms with van der Waals surface area (Å²) in [5, 5.41) is 11.9. The summed E-state index contributed by atoms with van der Waals surface area (Å²) in [4.78, 5) is 23.7. The molecule has 0 aliphatic rings. The average Bonchev–Trinajstić information content (AvgIpc) is 2.66. The van der Waals surface area contributed by atoms with E-state index in [0.717, 1.165) is 5.56 Å². The van der Waals surface area contributed by atoms with Gasteiger partial charge in [-0.1, -0.05) is 0 Å². The van der Waals surface area contributed by atoms with Crippen molar-refractivity contribution in [3.8, 4) is 17.2 Å². The third kappa shape index (κ3) is 5.64. The first-order chi connectivity index (χ1) is 13.3. The molecule has 0 fully saturated rings. The normalized spacial score (nSPS) is 10.5. The molecule has 0 saturated heterocycles. The van der Waals surface area contributed by atoms with Crippen molar-refractivity contribution in [3.63, 3.8) is 0 Å². The predicted molar refractivity (Wildman–Crippen MR) is 106 cm³/mol. The Bertz CT molecular complexity index is 847. The summed E-state index contributed by atoms with van der Waals surface area (Å²) in [7, 11) is 3.14. The minimum atomic E-state index is -1.08. The number of carboxylic acid groups (broad SMARTS) is 1. The molecule has 1 amide bonds. The van der Waals surface area contributed by atoms with E-state index in [-0.39, 0.29) is 24.0 Å². The van der Waals surface area contributed by atoms with E-state index in [1.807, 2.05) is 19.9 Å². The lowest BCUT2D eigenvalue weighted by atomic mass is 10.1. The highest BCUT2D eigenvalue weighted by Gasteiger charge is 2.14. The van der Waals surface area contributed by atoms with Crippen LogP contribution in [-0.2, 0) is 11.2 Å². The van der Waals surface area contributed by atoms with E-state index in [2.05, 4.69) is 5.32 Å². The monoisotopic (exact) mass is 387 g/mol. The molecule has 7 nitrogen and oxygen atoms in total. The minimum Gasteiger partial charge on any atom is -0.497 e. The molecule has 0 radical (unpaired) electrons. The summed E-state index contributed by atoms with van der Waals surface area (Å²) in [5.41, 5.74) is 1.24. The molecule has 2 aromatic rings. The SMILES string of the molecule is COc1ccc(OC)c(CCC(=O)Nc2cc(C(=O)O)ccc2OC(C)C)c1. The zero-order chi connectivity index (χ0) is 20.7. The number of anilines is 1. The molecule has 0 aliphatic heterocycles. The Balaban J connectivity index is 2.14. The average molecular weight is 387 g/mol. The number of benzene rings is 2. The summed E-state index contributed by atoms with van der Waals surface area (Å²) >= 11 is 0. The molecule has 0 atom stereocenters. The Morgan fingerprint density at radius 2 is 1.75 bits per heavy atom.